The van der Waals surface area contributed by atoms with Gasteiger partial charge in [-0.2, -0.15) is 0 Å². The molecule has 0 aliphatic heterocycles. The lowest BCUT2D eigenvalue weighted by molar-refractivity contribution is 0.00997. The van der Waals surface area contributed by atoms with Crippen molar-refractivity contribution < 1.29 is 9.47 Å². The van der Waals surface area contributed by atoms with Crippen LogP contribution < -0.4 is 10.1 Å². The molecule has 0 aromatic heterocycles. The number of nitrogens with one attached hydrogen (secondary N) is 1. The second-order valence-electron chi connectivity index (χ2n) is 5.38. The highest BCUT2D eigenvalue weighted by atomic mass is 16.7. The molecule has 0 amide bonds. The van der Waals surface area contributed by atoms with E-state index in [0.29, 0.717) is 12.8 Å². The van der Waals surface area contributed by atoms with Gasteiger partial charge in [-0.3, -0.25) is 0 Å². The first-order valence-electron chi connectivity index (χ1n) is 7.30. The molecule has 1 aromatic carbocycles. The Kier molecular flexibility index (Phi) is 5.67. The Balaban J connectivity index is 1.67. The van der Waals surface area contributed by atoms with E-state index in [1.165, 1.54) is 18.4 Å². The lowest BCUT2D eigenvalue weighted by atomic mass is 10.1. The molecule has 19 heavy (non-hydrogen) atoms. The summed E-state index contributed by atoms with van der Waals surface area (Å²) in [5, 5.41) is 3.42. The minimum atomic E-state index is 0.365. The minimum Gasteiger partial charge on any atom is -0.468 e. The first-order chi connectivity index (χ1) is 9.28. The first kappa shape index (κ1) is 14.4. The summed E-state index contributed by atoms with van der Waals surface area (Å²) < 4.78 is 11.0. The second kappa shape index (κ2) is 7.51. The summed E-state index contributed by atoms with van der Waals surface area (Å²) in [4.78, 5) is 0. The quantitative estimate of drug-likeness (QED) is 0.549. The van der Waals surface area contributed by atoms with Gasteiger partial charge in [0.1, 0.15) is 5.75 Å². The van der Waals surface area contributed by atoms with Crippen LogP contribution in [0, 0.1) is 5.92 Å². The van der Waals surface area contributed by atoms with Crippen molar-refractivity contribution in [3.63, 3.8) is 0 Å². The van der Waals surface area contributed by atoms with Crippen molar-refractivity contribution in [1.82, 2.24) is 5.32 Å². The van der Waals surface area contributed by atoms with Crippen molar-refractivity contribution in [2.45, 2.75) is 39.2 Å². The highest BCUT2D eigenvalue weighted by Crippen LogP contribution is 2.28. The standard InChI is InChI=1S/C16H25NO2/c1-3-17-13(2)10-14-6-8-16(9-7-14)19-12-18-11-15-4-5-15/h6-9,13,15,17H,3-5,10-12H2,1-2H3. The molecule has 1 aliphatic carbocycles. The van der Waals surface area contributed by atoms with Crippen LogP contribution in [0.4, 0.5) is 0 Å². The van der Waals surface area contributed by atoms with Crippen LogP contribution in [0.25, 0.3) is 0 Å². The van der Waals surface area contributed by atoms with Gasteiger partial charge in [0, 0.05) is 6.04 Å². The van der Waals surface area contributed by atoms with E-state index in [0.717, 1.165) is 31.2 Å². The molecular formula is C16H25NO2. The average Bonchev–Trinajstić information content (AvgIpc) is 3.21. The Bertz CT molecular complexity index is 360. The molecule has 0 radical (unpaired) electrons. The van der Waals surface area contributed by atoms with Crippen LogP contribution in [0.5, 0.6) is 5.75 Å². The Morgan fingerprint density at radius 3 is 2.63 bits per heavy atom. The molecule has 1 N–H and O–H groups in total. The summed E-state index contributed by atoms with van der Waals surface area (Å²) in [7, 11) is 0. The van der Waals surface area contributed by atoms with Crippen molar-refractivity contribution in [2.24, 2.45) is 5.92 Å². The van der Waals surface area contributed by atoms with Gasteiger partial charge in [0.15, 0.2) is 6.79 Å². The molecule has 0 spiro atoms. The third-order valence-electron chi connectivity index (χ3n) is 3.38. The zero-order chi connectivity index (χ0) is 13.5. The van der Waals surface area contributed by atoms with Gasteiger partial charge in [-0.05, 0) is 56.3 Å². The molecule has 3 heteroatoms. The van der Waals surface area contributed by atoms with Crippen LogP contribution >= 0.6 is 0 Å². The van der Waals surface area contributed by atoms with Crippen molar-refractivity contribution in [1.29, 1.82) is 0 Å². The number of hydrogen-bond acceptors (Lipinski definition) is 3. The molecule has 0 heterocycles. The van der Waals surface area contributed by atoms with Gasteiger partial charge < -0.3 is 14.8 Å². The van der Waals surface area contributed by atoms with E-state index in [9.17, 15) is 0 Å². The Morgan fingerprint density at radius 2 is 2.00 bits per heavy atom. The molecule has 1 aromatic rings. The number of likely N-dealkylation sites (N-methyl/N-ethyl adjacent to an activating group) is 1. The number of ether oxygens (including phenoxy) is 2. The number of benzene rings is 1. The molecule has 1 unspecified atom stereocenters. The maximum Gasteiger partial charge on any atom is 0.189 e. The molecule has 106 valence electrons. The predicted octanol–water partition coefficient (Wildman–Crippen LogP) is 2.99. The van der Waals surface area contributed by atoms with Crippen LogP contribution in [-0.4, -0.2) is 26.0 Å². The second-order valence-corrected chi connectivity index (χ2v) is 5.38. The predicted molar refractivity (Wildman–Crippen MR) is 77.5 cm³/mol. The van der Waals surface area contributed by atoms with Gasteiger partial charge in [0.25, 0.3) is 0 Å². The van der Waals surface area contributed by atoms with Gasteiger partial charge in [-0.15, -0.1) is 0 Å². The summed E-state index contributed by atoms with van der Waals surface area (Å²) >= 11 is 0. The van der Waals surface area contributed by atoms with Crippen molar-refractivity contribution in [2.75, 3.05) is 19.9 Å². The summed E-state index contributed by atoms with van der Waals surface area (Å²) in [6.07, 6.45) is 3.68. The summed E-state index contributed by atoms with van der Waals surface area (Å²) in [6, 6.07) is 8.82. The molecular weight excluding hydrogens is 238 g/mol. The van der Waals surface area contributed by atoms with Crippen molar-refractivity contribution in [3.05, 3.63) is 29.8 Å². The van der Waals surface area contributed by atoms with E-state index in [2.05, 4.69) is 31.3 Å². The van der Waals surface area contributed by atoms with E-state index in [4.69, 9.17) is 9.47 Å². The zero-order valence-electron chi connectivity index (χ0n) is 12.0. The van der Waals surface area contributed by atoms with Gasteiger partial charge in [-0.25, -0.2) is 0 Å². The van der Waals surface area contributed by atoms with E-state index in [-0.39, 0.29) is 0 Å². The normalized spacial score (nSPS) is 16.3. The third kappa shape index (κ3) is 5.62. The highest BCUT2D eigenvalue weighted by Gasteiger charge is 2.21. The Labute approximate surface area is 116 Å². The molecule has 1 atom stereocenters. The van der Waals surface area contributed by atoms with Gasteiger partial charge >= 0.3 is 0 Å². The van der Waals surface area contributed by atoms with Crippen LogP contribution in [0.1, 0.15) is 32.3 Å². The van der Waals surface area contributed by atoms with E-state index >= 15 is 0 Å². The Hall–Kier alpha value is -1.06. The van der Waals surface area contributed by atoms with Crippen LogP contribution in [-0.2, 0) is 11.2 Å². The zero-order valence-corrected chi connectivity index (χ0v) is 12.0. The third-order valence-corrected chi connectivity index (χ3v) is 3.38. The van der Waals surface area contributed by atoms with Crippen LogP contribution in [0.15, 0.2) is 24.3 Å². The summed E-state index contributed by atoms with van der Waals surface area (Å²) in [6.45, 7) is 6.57. The molecule has 2 rings (SSSR count). The maximum absolute atomic E-state index is 5.55. The lowest BCUT2D eigenvalue weighted by Crippen LogP contribution is -2.27. The van der Waals surface area contributed by atoms with E-state index in [1.807, 2.05) is 12.1 Å². The summed E-state index contributed by atoms with van der Waals surface area (Å²) in [5.74, 6) is 1.68. The van der Waals surface area contributed by atoms with Gasteiger partial charge in [0.05, 0.1) is 6.61 Å². The van der Waals surface area contributed by atoms with Crippen LogP contribution in [0.2, 0.25) is 0 Å². The van der Waals surface area contributed by atoms with Gasteiger partial charge in [-0.1, -0.05) is 19.1 Å². The number of rotatable bonds is 9. The highest BCUT2D eigenvalue weighted by molar-refractivity contribution is 5.27. The molecule has 1 aliphatic rings. The number of hydrogen-bond donors (Lipinski definition) is 1. The van der Waals surface area contributed by atoms with E-state index in [1.54, 1.807) is 0 Å². The molecule has 0 bridgehead atoms. The van der Waals surface area contributed by atoms with Crippen molar-refractivity contribution >= 4 is 0 Å². The lowest BCUT2D eigenvalue weighted by Gasteiger charge is -2.12. The fraction of sp³-hybridized carbons (Fsp3) is 0.625. The molecule has 0 saturated heterocycles. The van der Waals surface area contributed by atoms with Gasteiger partial charge in [0.2, 0.25) is 0 Å². The van der Waals surface area contributed by atoms with Crippen molar-refractivity contribution in [3.8, 4) is 5.75 Å². The maximum atomic E-state index is 5.55. The monoisotopic (exact) mass is 263 g/mol. The smallest absolute Gasteiger partial charge is 0.189 e. The first-order valence-corrected chi connectivity index (χ1v) is 7.30. The largest absolute Gasteiger partial charge is 0.468 e. The molecule has 1 fully saturated rings. The fourth-order valence-electron chi connectivity index (χ4n) is 2.10. The SMILES string of the molecule is CCNC(C)Cc1ccc(OCOCC2CC2)cc1. The molecule has 3 nitrogen and oxygen atoms in total. The molecule has 1 saturated carbocycles. The fourth-order valence-corrected chi connectivity index (χ4v) is 2.10. The Morgan fingerprint density at radius 1 is 1.26 bits per heavy atom. The minimum absolute atomic E-state index is 0.365. The van der Waals surface area contributed by atoms with Crippen LogP contribution in [0.3, 0.4) is 0 Å². The topological polar surface area (TPSA) is 30.5 Å². The summed E-state index contributed by atoms with van der Waals surface area (Å²) in [5.41, 5.74) is 1.33. The average molecular weight is 263 g/mol. The van der Waals surface area contributed by atoms with E-state index < -0.39 is 0 Å².